The molecule has 0 heterocycles. The first-order valence-corrected chi connectivity index (χ1v) is 13.4. The van der Waals surface area contributed by atoms with Crippen LogP contribution in [0.25, 0.3) is 0 Å². The molecule has 0 bridgehead atoms. The summed E-state index contributed by atoms with van der Waals surface area (Å²) in [4.78, 5) is 13.1. The molecule has 0 rings (SSSR count). The van der Waals surface area contributed by atoms with Crippen molar-refractivity contribution in [3.63, 3.8) is 0 Å². The third-order valence-corrected chi connectivity index (χ3v) is 5.77. The van der Waals surface area contributed by atoms with Crippen molar-refractivity contribution < 1.29 is 26.9 Å². The van der Waals surface area contributed by atoms with Crippen molar-refractivity contribution in [3.8, 4) is 0 Å². The molecule has 0 fully saturated rings. The van der Waals surface area contributed by atoms with Crippen molar-refractivity contribution in [2.75, 3.05) is 26.3 Å². The van der Waals surface area contributed by atoms with Gasteiger partial charge in [-0.15, -0.1) is 0 Å². The van der Waals surface area contributed by atoms with E-state index in [9.17, 15) is 0 Å². The van der Waals surface area contributed by atoms with E-state index in [2.05, 4.69) is 27.7 Å². The SMILES string of the molecule is CCCCCCCCCC[N+](CCCCCCCCCC)(OCCC)OCCC.[Cl-]. The predicted molar refractivity (Wildman–Crippen MR) is 128 cm³/mol. The van der Waals surface area contributed by atoms with Crippen molar-refractivity contribution in [2.45, 2.75) is 143 Å². The molecule has 0 amide bonds. The van der Waals surface area contributed by atoms with Crippen LogP contribution >= 0.6 is 0 Å². The molecule has 0 aromatic rings. The Morgan fingerprint density at radius 2 is 0.700 bits per heavy atom. The summed E-state index contributed by atoms with van der Waals surface area (Å²) in [6.45, 7) is 12.6. The van der Waals surface area contributed by atoms with E-state index in [-0.39, 0.29) is 12.4 Å². The lowest BCUT2D eigenvalue weighted by atomic mass is 10.1. The van der Waals surface area contributed by atoms with Crippen molar-refractivity contribution in [1.29, 1.82) is 0 Å². The van der Waals surface area contributed by atoms with E-state index >= 15 is 0 Å². The van der Waals surface area contributed by atoms with Gasteiger partial charge in [-0.25, -0.2) is 0 Å². The first-order chi connectivity index (χ1) is 14.2. The zero-order valence-electron chi connectivity index (χ0n) is 21.2. The lowest BCUT2D eigenvalue weighted by Crippen LogP contribution is -3.00. The summed E-state index contributed by atoms with van der Waals surface area (Å²) in [5.41, 5.74) is 0. The average Bonchev–Trinajstić information content (AvgIpc) is 2.74. The lowest BCUT2D eigenvalue weighted by Gasteiger charge is -2.32. The number of unbranched alkanes of at least 4 members (excludes halogenated alkanes) is 14. The van der Waals surface area contributed by atoms with Gasteiger partial charge in [-0.2, -0.15) is 9.68 Å². The third-order valence-electron chi connectivity index (χ3n) is 5.77. The third kappa shape index (κ3) is 20.1. The number of hydrogen-bond acceptors (Lipinski definition) is 2. The van der Waals surface area contributed by atoms with Crippen LogP contribution in [-0.2, 0) is 9.68 Å². The summed E-state index contributed by atoms with van der Waals surface area (Å²) >= 11 is 0. The molecule has 0 spiro atoms. The van der Waals surface area contributed by atoms with Crippen LogP contribution in [0, 0.1) is 0 Å². The average molecular weight is 450 g/mol. The van der Waals surface area contributed by atoms with Crippen molar-refractivity contribution in [3.05, 3.63) is 0 Å². The van der Waals surface area contributed by atoms with E-state index in [1.807, 2.05) is 0 Å². The van der Waals surface area contributed by atoms with E-state index in [0.29, 0.717) is 4.81 Å². The van der Waals surface area contributed by atoms with Gasteiger partial charge in [0.1, 0.15) is 26.3 Å². The Bertz CT molecular complexity index is 285. The van der Waals surface area contributed by atoms with Gasteiger partial charge in [-0.3, -0.25) is 0 Å². The maximum Gasteiger partial charge on any atom is 0.142 e. The highest BCUT2D eigenvalue weighted by atomic mass is 35.5. The van der Waals surface area contributed by atoms with Crippen molar-refractivity contribution >= 4 is 0 Å². The fraction of sp³-hybridized carbons (Fsp3) is 1.00. The Labute approximate surface area is 196 Å². The molecule has 4 heteroatoms. The molecule has 0 N–H and O–H groups in total. The molecule has 0 aromatic carbocycles. The van der Waals surface area contributed by atoms with E-state index < -0.39 is 0 Å². The van der Waals surface area contributed by atoms with Gasteiger partial charge < -0.3 is 12.4 Å². The molecule has 0 saturated heterocycles. The second-order valence-corrected chi connectivity index (χ2v) is 8.88. The van der Waals surface area contributed by atoms with E-state index in [1.54, 1.807) is 0 Å². The molecule has 0 aromatic heterocycles. The largest absolute Gasteiger partial charge is 1.00 e. The zero-order valence-corrected chi connectivity index (χ0v) is 22.0. The molecule has 0 unspecified atom stereocenters. The molecule has 0 aliphatic rings. The van der Waals surface area contributed by atoms with E-state index in [1.165, 1.54) is 103 Å². The highest BCUT2D eigenvalue weighted by Gasteiger charge is 2.31. The summed E-state index contributed by atoms with van der Waals surface area (Å²) < 4.78 is 0. The van der Waals surface area contributed by atoms with Gasteiger partial charge in [-0.1, -0.05) is 105 Å². The van der Waals surface area contributed by atoms with Crippen LogP contribution in [0.2, 0.25) is 0 Å². The van der Waals surface area contributed by atoms with Crippen LogP contribution in [-0.4, -0.2) is 31.1 Å². The summed E-state index contributed by atoms with van der Waals surface area (Å²) in [5, 5.41) is 0. The maximum absolute atomic E-state index is 6.32. The Morgan fingerprint density at radius 3 is 1.00 bits per heavy atom. The van der Waals surface area contributed by atoms with Gasteiger partial charge in [0.2, 0.25) is 0 Å². The van der Waals surface area contributed by atoms with Gasteiger partial charge in [0.25, 0.3) is 0 Å². The molecule has 0 atom stereocenters. The quantitative estimate of drug-likeness (QED) is 0.106. The van der Waals surface area contributed by atoms with Gasteiger partial charge in [0, 0.05) is 12.8 Å². The molecular weight excluding hydrogens is 394 g/mol. The van der Waals surface area contributed by atoms with Crippen LogP contribution in [0.5, 0.6) is 0 Å². The second-order valence-electron chi connectivity index (χ2n) is 8.88. The van der Waals surface area contributed by atoms with Crippen molar-refractivity contribution in [2.24, 2.45) is 0 Å². The van der Waals surface area contributed by atoms with Crippen LogP contribution in [0.4, 0.5) is 0 Å². The Morgan fingerprint density at radius 1 is 0.400 bits per heavy atom. The summed E-state index contributed by atoms with van der Waals surface area (Å²) in [6, 6.07) is 0. The predicted octanol–water partition coefficient (Wildman–Crippen LogP) is 5.77. The fourth-order valence-corrected chi connectivity index (χ4v) is 3.90. The number of hydroxylamine groups is 4. The monoisotopic (exact) mass is 449 g/mol. The molecular formula is C26H56ClNO2. The van der Waals surface area contributed by atoms with Gasteiger partial charge in [0.15, 0.2) is 0 Å². The van der Waals surface area contributed by atoms with Gasteiger partial charge in [-0.05, 0) is 30.5 Å². The highest BCUT2D eigenvalue weighted by molar-refractivity contribution is 4.48. The first-order valence-electron chi connectivity index (χ1n) is 13.4. The number of nitrogens with zero attached hydrogens (tertiary/aromatic N) is 1. The van der Waals surface area contributed by atoms with E-state index in [4.69, 9.17) is 9.68 Å². The zero-order chi connectivity index (χ0) is 21.5. The number of quaternary nitrogens is 1. The minimum Gasteiger partial charge on any atom is -1.00 e. The Hall–Kier alpha value is 0.170. The minimum atomic E-state index is 0. The smallest absolute Gasteiger partial charge is 0.142 e. The molecule has 184 valence electrons. The Balaban J connectivity index is 0. The molecule has 0 saturated carbocycles. The molecule has 0 aliphatic heterocycles. The Kier molecular flexibility index (Phi) is 27.4. The number of rotatable bonds is 24. The van der Waals surface area contributed by atoms with E-state index in [0.717, 1.165) is 39.1 Å². The topological polar surface area (TPSA) is 18.5 Å². The fourth-order valence-electron chi connectivity index (χ4n) is 3.90. The maximum atomic E-state index is 6.32. The molecule has 30 heavy (non-hydrogen) atoms. The lowest BCUT2D eigenvalue weighted by molar-refractivity contribution is -1.25. The summed E-state index contributed by atoms with van der Waals surface area (Å²) in [6.07, 6.45) is 23.8. The summed E-state index contributed by atoms with van der Waals surface area (Å²) in [5.74, 6) is 0. The highest BCUT2D eigenvalue weighted by Crippen LogP contribution is 2.19. The van der Waals surface area contributed by atoms with Crippen molar-refractivity contribution in [1.82, 2.24) is 0 Å². The standard InChI is InChI=1S/C26H56NO2.ClH/c1-5-9-11-13-15-17-19-21-23-27(28-25-7-3,29-26-8-4)24-22-20-18-16-14-12-10-6-2;/h5-26H2,1-4H3;1H/q+1;/p-1. The van der Waals surface area contributed by atoms with Gasteiger partial charge >= 0.3 is 0 Å². The van der Waals surface area contributed by atoms with Gasteiger partial charge in [0.05, 0.1) is 0 Å². The second kappa shape index (κ2) is 25.4. The molecule has 0 radical (unpaired) electrons. The first kappa shape index (κ1) is 32.4. The summed E-state index contributed by atoms with van der Waals surface area (Å²) in [7, 11) is 0. The normalized spacial score (nSPS) is 11.6. The van der Waals surface area contributed by atoms with Crippen LogP contribution in [0.15, 0.2) is 0 Å². The molecule has 3 nitrogen and oxygen atoms in total. The molecule has 0 aliphatic carbocycles. The minimum absolute atomic E-state index is 0. The van der Waals surface area contributed by atoms with Crippen LogP contribution in [0.3, 0.4) is 0 Å². The van der Waals surface area contributed by atoms with Crippen LogP contribution < -0.4 is 12.4 Å². The number of hydrogen-bond donors (Lipinski definition) is 0. The van der Waals surface area contributed by atoms with Crippen LogP contribution in [0.1, 0.15) is 143 Å². The number of halogens is 1.